The van der Waals surface area contributed by atoms with E-state index >= 15 is 0 Å². The molecule has 0 aliphatic carbocycles. The predicted octanol–water partition coefficient (Wildman–Crippen LogP) is 0.900. The maximum absolute atomic E-state index is 11.6. The Morgan fingerprint density at radius 1 is 1.63 bits per heavy atom. The van der Waals surface area contributed by atoms with Crippen LogP contribution in [0.2, 0.25) is 0 Å². The van der Waals surface area contributed by atoms with Gasteiger partial charge < -0.3 is 15.8 Å². The van der Waals surface area contributed by atoms with Gasteiger partial charge in [-0.1, -0.05) is 0 Å². The molecule has 0 unspecified atom stereocenters. The summed E-state index contributed by atoms with van der Waals surface area (Å²) >= 11 is 1.15. The highest BCUT2D eigenvalue weighted by atomic mass is 32.1. The van der Waals surface area contributed by atoms with Crippen LogP contribution in [0.3, 0.4) is 0 Å². The van der Waals surface area contributed by atoms with Crippen molar-refractivity contribution < 1.29 is 9.53 Å². The minimum absolute atomic E-state index is 0.192. The summed E-state index contributed by atoms with van der Waals surface area (Å²) in [5.74, 6) is -0.288. The maximum Gasteiger partial charge on any atom is 0.344 e. The molecule has 0 aromatic carbocycles. The second-order valence-electron chi connectivity index (χ2n) is 3.92. The topological polar surface area (TPSA) is 95.1 Å². The lowest BCUT2D eigenvalue weighted by atomic mass is 10.3. The van der Waals surface area contributed by atoms with Gasteiger partial charge in [-0.25, -0.2) is 4.79 Å². The number of aryl methyl sites for hydroxylation is 1. The fourth-order valence-corrected chi connectivity index (χ4v) is 2.35. The van der Waals surface area contributed by atoms with Gasteiger partial charge in [-0.05, 0) is 17.6 Å². The van der Waals surface area contributed by atoms with Gasteiger partial charge in [0.1, 0.15) is 10.6 Å². The van der Waals surface area contributed by atoms with Gasteiger partial charge in [0.15, 0.2) is 5.82 Å². The van der Waals surface area contributed by atoms with E-state index in [1.165, 1.54) is 7.11 Å². The average molecular weight is 281 g/mol. The van der Waals surface area contributed by atoms with Gasteiger partial charge in [-0.3, -0.25) is 4.68 Å². The molecule has 2 rings (SSSR count). The summed E-state index contributed by atoms with van der Waals surface area (Å²) in [6, 6.07) is 1.95. The molecular formula is C11H15N5O2S. The molecular weight excluding hydrogens is 266 g/mol. The first kappa shape index (κ1) is 13.3. The van der Waals surface area contributed by atoms with Crippen LogP contribution < -0.4 is 11.1 Å². The van der Waals surface area contributed by atoms with Crippen molar-refractivity contribution in [2.45, 2.75) is 6.42 Å². The lowest BCUT2D eigenvalue weighted by Gasteiger charge is -2.04. The van der Waals surface area contributed by atoms with Gasteiger partial charge in [0.2, 0.25) is 0 Å². The summed E-state index contributed by atoms with van der Waals surface area (Å²) in [6.45, 7) is 0.642. The number of anilines is 2. The molecule has 0 aliphatic rings. The highest BCUT2D eigenvalue weighted by Crippen LogP contribution is 2.27. The first-order valence-electron chi connectivity index (χ1n) is 5.67. The summed E-state index contributed by atoms with van der Waals surface area (Å²) in [5.41, 5.74) is 6.93. The van der Waals surface area contributed by atoms with Crippen LogP contribution in [0.4, 0.5) is 10.8 Å². The van der Waals surface area contributed by atoms with Crippen LogP contribution >= 0.6 is 11.5 Å². The molecule has 0 saturated heterocycles. The van der Waals surface area contributed by atoms with Crippen molar-refractivity contribution in [1.82, 2.24) is 14.2 Å². The second kappa shape index (κ2) is 5.70. The second-order valence-corrected chi connectivity index (χ2v) is 4.69. The Balaban J connectivity index is 1.98. The van der Waals surface area contributed by atoms with Gasteiger partial charge >= 0.3 is 5.97 Å². The van der Waals surface area contributed by atoms with E-state index in [2.05, 4.69) is 19.5 Å². The van der Waals surface area contributed by atoms with E-state index in [0.29, 0.717) is 17.1 Å². The summed E-state index contributed by atoms with van der Waals surface area (Å²) < 4.78 is 10.4. The summed E-state index contributed by atoms with van der Waals surface area (Å²) in [7, 11) is 3.19. The molecule has 2 aromatic rings. The van der Waals surface area contributed by atoms with Crippen LogP contribution in [0.25, 0.3) is 0 Å². The zero-order valence-corrected chi connectivity index (χ0v) is 11.5. The minimum atomic E-state index is -0.480. The molecule has 0 atom stereocenters. The number of esters is 1. The van der Waals surface area contributed by atoms with Crippen LogP contribution in [-0.2, 0) is 18.2 Å². The summed E-state index contributed by atoms with van der Waals surface area (Å²) in [4.78, 5) is 11.6. The molecule has 8 heteroatoms. The highest BCUT2D eigenvalue weighted by Gasteiger charge is 2.19. The van der Waals surface area contributed by atoms with Crippen molar-refractivity contribution in [1.29, 1.82) is 0 Å². The first-order chi connectivity index (χ1) is 9.11. The average Bonchev–Trinajstić information content (AvgIpc) is 2.96. The van der Waals surface area contributed by atoms with Crippen LogP contribution in [-0.4, -0.2) is 33.8 Å². The third kappa shape index (κ3) is 3.02. The van der Waals surface area contributed by atoms with E-state index in [1.807, 2.05) is 19.3 Å². The number of nitrogens with two attached hydrogens (primary N) is 1. The van der Waals surface area contributed by atoms with Crippen molar-refractivity contribution >= 4 is 28.3 Å². The van der Waals surface area contributed by atoms with Crippen LogP contribution in [0.5, 0.6) is 0 Å². The Morgan fingerprint density at radius 2 is 2.42 bits per heavy atom. The lowest BCUT2D eigenvalue weighted by molar-refractivity contribution is 0.0603. The van der Waals surface area contributed by atoms with Crippen LogP contribution in [0, 0.1) is 0 Å². The number of carbonyl (C=O) groups excluding carboxylic acids is 1. The van der Waals surface area contributed by atoms with Gasteiger partial charge in [0.05, 0.1) is 12.8 Å². The van der Waals surface area contributed by atoms with Gasteiger partial charge in [0, 0.05) is 26.2 Å². The molecule has 0 aliphatic heterocycles. The lowest BCUT2D eigenvalue weighted by Crippen LogP contribution is -2.10. The van der Waals surface area contributed by atoms with Crippen molar-refractivity contribution in [3.05, 3.63) is 23.5 Å². The molecule has 0 saturated carbocycles. The monoisotopic (exact) mass is 281 g/mol. The number of rotatable bonds is 5. The third-order valence-electron chi connectivity index (χ3n) is 2.54. The number of nitrogens with one attached hydrogen (secondary N) is 1. The van der Waals surface area contributed by atoms with Gasteiger partial charge in [0.25, 0.3) is 0 Å². The van der Waals surface area contributed by atoms with E-state index in [9.17, 15) is 4.79 Å². The SMILES string of the molecule is COC(=O)c1c(N)nsc1NCCc1ccn(C)n1. The molecule has 7 nitrogen and oxygen atoms in total. The van der Waals surface area contributed by atoms with E-state index in [4.69, 9.17) is 5.73 Å². The van der Waals surface area contributed by atoms with Crippen molar-refractivity contribution in [3.8, 4) is 0 Å². The largest absolute Gasteiger partial charge is 0.465 e. The predicted molar refractivity (Wildman–Crippen MR) is 73.3 cm³/mol. The molecule has 0 fully saturated rings. The first-order valence-corrected chi connectivity index (χ1v) is 6.45. The molecule has 0 amide bonds. The van der Waals surface area contributed by atoms with E-state index < -0.39 is 5.97 Å². The number of nitrogens with zero attached hydrogens (tertiary/aromatic N) is 3. The number of carbonyl (C=O) groups is 1. The van der Waals surface area contributed by atoms with E-state index in [-0.39, 0.29) is 5.82 Å². The number of methoxy groups -OCH3 is 1. The zero-order valence-electron chi connectivity index (χ0n) is 10.7. The minimum Gasteiger partial charge on any atom is -0.465 e. The van der Waals surface area contributed by atoms with E-state index in [1.54, 1.807) is 4.68 Å². The smallest absolute Gasteiger partial charge is 0.344 e. The van der Waals surface area contributed by atoms with Crippen molar-refractivity contribution in [2.75, 3.05) is 24.7 Å². The summed E-state index contributed by atoms with van der Waals surface area (Å²) in [6.07, 6.45) is 2.64. The Morgan fingerprint density at radius 3 is 3.05 bits per heavy atom. The molecule has 0 bridgehead atoms. The Labute approximate surface area is 114 Å². The molecule has 0 spiro atoms. The van der Waals surface area contributed by atoms with Crippen LogP contribution in [0.1, 0.15) is 16.1 Å². The van der Waals surface area contributed by atoms with Crippen LogP contribution in [0.15, 0.2) is 12.3 Å². The Kier molecular flexibility index (Phi) is 4.00. The Hall–Kier alpha value is -2.09. The highest BCUT2D eigenvalue weighted by molar-refractivity contribution is 7.11. The number of hydrogen-bond acceptors (Lipinski definition) is 7. The zero-order chi connectivity index (χ0) is 13.8. The molecule has 3 N–H and O–H groups in total. The number of nitrogen functional groups attached to an aromatic ring is 1. The molecule has 2 aromatic heterocycles. The number of hydrogen-bond donors (Lipinski definition) is 2. The molecule has 0 radical (unpaired) electrons. The fourth-order valence-electron chi connectivity index (χ4n) is 1.62. The molecule has 2 heterocycles. The number of ether oxygens (including phenoxy) is 1. The van der Waals surface area contributed by atoms with E-state index in [0.717, 1.165) is 23.6 Å². The molecule has 19 heavy (non-hydrogen) atoms. The molecule has 102 valence electrons. The number of aromatic nitrogens is 3. The Bertz CT molecular complexity index is 577. The summed E-state index contributed by atoms with van der Waals surface area (Å²) in [5, 5.41) is 8.03. The van der Waals surface area contributed by atoms with Crippen molar-refractivity contribution in [3.63, 3.8) is 0 Å². The maximum atomic E-state index is 11.6. The quantitative estimate of drug-likeness (QED) is 0.791. The van der Waals surface area contributed by atoms with Gasteiger partial charge in [-0.2, -0.15) is 9.47 Å². The normalized spacial score (nSPS) is 10.4. The third-order valence-corrected chi connectivity index (χ3v) is 3.36. The standard InChI is InChI=1S/C11H15N5O2S/c1-16-6-4-7(14-16)3-5-13-10-8(11(17)18-2)9(12)15-19-10/h4,6,13H,3,5H2,1-2H3,(H2,12,15). The van der Waals surface area contributed by atoms with Crippen molar-refractivity contribution in [2.24, 2.45) is 7.05 Å². The fraction of sp³-hybridized carbons (Fsp3) is 0.364. The van der Waals surface area contributed by atoms with Gasteiger partial charge in [-0.15, -0.1) is 0 Å².